The van der Waals surface area contributed by atoms with Crippen LogP contribution >= 0.6 is 12.2 Å². The topological polar surface area (TPSA) is 52.6 Å². The third kappa shape index (κ3) is 1.78. The van der Waals surface area contributed by atoms with Gasteiger partial charge in [0.2, 0.25) is 0 Å². The molecule has 1 saturated heterocycles. The second-order valence-corrected chi connectivity index (χ2v) is 3.74. The van der Waals surface area contributed by atoms with E-state index in [1.54, 1.807) is 13.0 Å². The Labute approximate surface area is 88.6 Å². The lowest BCUT2D eigenvalue weighted by molar-refractivity contribution is -0.129. The summed E-state index contributed by atoms with van der Waals surface area (Å²) in [5.74, 6) is -0.197. The van der Waals surface area contributed by atoms with Crippen LogP contribution in [0.25, 0.3) is 0 Å². The Morgan fingerprint density at radius 3 is 2.64 bits per heavy atom. The van der Waals surface area contributed by atoms with Crippen molar-refractivity contribution in [2.75, 3.05) is 0 Å². The molecular formula is C9H14N2O2S. The summed E-state index contributed by atoms with van der Waals surface area (Å²) < 4.78 is 0. The lowest BCUT2D eigenvalue weighted by Crippen LogP contribution is -2.40. The van der Waals surface area contributed by atoms with Crippen LogP contribution in [0.15, 0.2) is 12.7 Å². The zero-order valence-corrected chi connectivity index (χ0v) is 9.04. The Hall–Kier alpha value is -0.940. The zero-order chi connectivity index (χ0) is 10.9. The molecule has 0 saturated carbocycles. The molecule has 1 aliphatic heterocycles. The minimum Gasteiger partial charge on any atom is -0.391 e. The van der Waals surface area contributed by atoms with E-state index in [9.17, 15) is 9.90 Å². The van der Waals surface area contributed by atoms with Crippen LogP contribution < -0.4 is 5.32 Å². The molecule has 0 aromatic rings. The number of aliphatic hydroxyl groups excluding tert-OH is 1. The molecule has 1 unspecified atom stereocenters. The Bertz CT molecular complexity index is 278. The van der Waals surface area contributed by atoms with Gasteiger partial charge in [-0.05, 0) is 26.1 Å². The largest absolute Gasteiger partial charge is 0.391 e. The Morgan fingerprint density at radius 2 is 2.29 bits per heavy atom. The van der Waals surface area contributed by atoms with Gasteiger partial charge in [0.25, 0.3) is 5.91 Å². The van der Waals surface area contributed by atoms with Gasteiger partial charge in [0.15, 0.2) is 5.11 Å². The van der Waals surface area contributed by atoms with Crippen molar-refractivity contribution >= 4 is 23.2 Å². The van der Waals surface area contributed by atoms with Crippen LogP contribution in [0.2, 0.25) is 0 Å². The molecule has 0 radical (unpaired) electrons. The van der Waals surface area contributed by atoms with Gasteiger partial charge in [-0.1, -0.05) is 6.08 Å². The van der Waals surface area contributed by atoms with Crippen molar-refractivity contribution in [3.05, 3.63) is 12.7 Å². The fourth-order valence-electron chi connectivity index (χ4n) is 1.33. The summed E-state index contributed by atoms with van der Waals surface area (Å²) in [6, 6.07) is -0.767. The first-order valence-electron chi connectivity index (χ1n) is 4.43. The number of aliphatic hydroxyl groups is 1. The van der Waals surface area contributed by atoms with Gasteiger partial charge in [0, 0.05) is 0 Å². The average molecular weight is 214 g/mol. The molecule has 1 aliphatic rings. The first-order valence-corrected chi connectivity index (χ1v) is 4.84. The van der Waals surface area contributed by atoms with Crippen LogP contribution in [-0.2, 0) is 4.79 Å². The number of thiocarbonyl (C=S) groups is 1. The number of nitrogens with one attached hydrogen (secondary N) is 1. The summed E-state index contributed by atoms with van der Waals surface area (Å²) in [6.07, 6.45) is 0.888. The van der Waals surface area contributed by atoms with Crippen molar-refractivity contribution < 1.29 is 9.90 Å². The molecule has 0 bridgehead atoms. The van der Waals surface area contributed by atoms with E-state index in [2.05, 4.69) is 11.9 Å². The highest BCUT2D eigenvalue weighted by Gasteiger charge is 2.39. The van der Waals surface area contributed by atoms with Gasteiger partial charge in [-0.25, -0.2) is 0 Å². The van der Waals surface area contributed by atoms with Crippen molar-refractivity contribution in [2.24, 2.45) is 0 Å². The summed E-state index contributed by atoms with van der Waals surface area (Å²) in [4.78, 5) is 13.2. The molecule has 3 atom stereocenters. The quantitative estimate of drug-likeness (QED) is 0.514. The summed E-state index contributed by atoms with van der Waals surface area (Å²) in [5.41, 5.74) is 0. The van der Waals surface area contributed by atoms with E-state index in [4.69, 9.17) is 12.2 Å². The van der Waals surface area contributed by atoms with E-state index in [0.29, 0.717) is 5.11 Å². The first kappa shape index (κ1) is 11.1. The summed E-state index contributed by atoms with van der Waals surface area (Å²) in [7, 11) is 0. The van der Waals surface area contributed by atoms with Crippen molar-refractivity contribution in [3.63, 3.8) is 0 Å². The SMILES string of the molecule is C=CC(C)N1C(=O)[C@@H]([C@H](C)O)NC1=S. The summed E-state index contributed by atoms with van der Waals surface area (Å²) in [6.45, 7) is 6.98. The molecule has 0 aromatic carbocycles. The van der Waals surface area contributed by atoms with Crippen LogP contribution in [0.1, 0.15) is 13.8 Å². The molecular weight excluding hydrogens is 200 g/mol. The van der Waals surface area contributed by atoms with Gasteiger partial charge in [0.1, 0.15) is 6.04 Å². The van der Waals surface area contributed by atoms with Crippen LogP contribution in [0.3, 0.4) is 0 Å². The lowest BCUT2D eigenvalue weighted by Gasteiger charge is -2.20. The number of hydrogen-bond acceptors (Lipinski definition) is 3. The summed E-state index contributed by atoms with van der Waals surface area (Å²) in [5, 5.41) is 12.5. The molecule has 0 aliphatic carbocycles. The average Bonchev–Trinajstić information content (AvgIpc) is 2.41. The number of nitrogens with zero attached hydrogens (tertiary/aromatic N) is 1. The standard InChI is InChI=1S/C9H14N2O2S/c1-4-5(2)11-8(13)7(6(3)12)10-9(11)14/h4-7,12H,1H2,2-3H3,(H,10,14)/t5?,6-,7+/m0/s1. The Morgan fingerprint density at radius 1 is 1.71 bits per heavy atom. The monoisotopic (exact) mass is 214 g/mol. The van der Waals surface area contributed by atoms with Gasteiger partial charge >= 0.3 is 0 Å². The molecule has 2 N–H and O–H groups in total. The Balaban J connectivity index is 2.85. The molecule has 1 heterocycles. The van der Waals surface area contributed by atoms with E-state index in [1.807, 2.05) is 6.92 Å². The first-order chi connectivity index (χ1) is 6.49. The number of amides is 1. The molecule has 14 heavy (non-hydrogen) atoms. The summed E-state index contributed by atoms with van der Waals surface area (Å²) >= 11 is 4.99. The minimum atomic E-state index is -0.748. The fourth-order valence-corrected chi connectivity index (χ4v) is 1.72. The van der Waals surface area contributed by atoms with Crippen LogP contribution in [0.4, 0.5) is 0 Å². The molecule has 0 spiro atoms. The van der Waals surface area contributed by atoms with Crippen LogP contribution in [0.5, 0.6) is 0 Å². The number of rotatable bonds is 3. The number of hydrogen-bond donors (Lipinski definition) is 2. The number of carbonyl (C=O) groups excluding carboxylic acids is 1. The third-order valence-corrected chi connectivity index (χ3v) is 2.55. The Kier molecular flexibility index (Phi) is 3.23. The molecule has 1 rings (SSSR count). The van der Waals surface area contributed by atoms with Gasteiger partial charge in [-0.2, -0.15) is 0 Å². The zero-order valence-electron chi connectivity index (χ0n) is 8.23. The molecule has 1 fully saturated rings. The molecule has 1 amide bonds. The second kappa shape index (κ2) is 4.06. The molecule has 5 heteroatoms. The second-order valence-electron chi connectivity index (χ2n) is 3.35. The van der Waals surface area contributed by atoms with Crippen molar-refractivity contribution in [3.8, 4) is 0 Å². The van der Waals surface area contributed by atoms with Gasteiger partial charge in [0.05, 0.1) is 12.1 Å². The third-order valence-electron chi connectivity index (χ3n) is 2.23. The molecule has 4 nitrogen and oxygen atoms in total. The van der Waals surface area contributed by atoms with Crippen molar-refractivity contribution in [2.45, 2.75) is 32.0 Å². The van der Waals surface area contributed by atoms with Gasteiger partial charge in [-0.3, -0.25) is 9.69 Å². The highest BCUT2D eigenvalue weighted by molar-refractivity contribution is 7.80. The molecule has 78 valence electrons. The number of carbonyl (C=O) groups is 1. The predicted molar refractivity (Wildman–Crippen MR) is 57.7 cm³/mol. The lowest BCUT2D eigenvalue weighted by atomic mass is 10.2. The van der Waals surface area contributed by atoms with Crippen LogP contribution in [-0.4, -0.2) is 39.2 Å². The molecule has 0 aromatic heterocycles. The minimum absolute atomic E-state index is 0.147. The van der Waals surface area contributed by atoms with E-state index in [-0.39, 0.29) is 11.9 Å². The maximum absolute atomic E-state index is 11.7. The van der Waals surface area contributed by atoms with E-state index in [0.717, 1.165) is 0 Å². The predicted octanol–water partition coefficient (Wildman–Crippen LogP) is 0.0270. The van der Waals surface area contributed by atoms with E-state index in [1.165, 1.54) is 4.90 Å². The highest BCUT2D eigenvalue weighted by atomic mass is 32.1. The van der Waals surface area contributed by atoms with Crippen molar-refractivity contribution in [1.29, 1.82) is 0 Å². The van der Waals surface area contributed by atoms with Crippen LogP contribution in [0, 0.1) is 0 Å². The van der Waals surface area contributed by atoms with Gasteiger partial charge < -0.3 is 10.4 Å². The fraction of sp³-hybridized carbons (Fsp3) is 0.556. The smallest absolute Gasteiger partial charge is 0.254 e. The maximum atomic E-state index is 11.7. The van der Waals surface area contributed by atoms with E-state index >= 15 is 0 Å². The maximum Gasteiger partial charge on any atom is 0.254 e. The van der Waals surface area contributed by atoms with E-state index < -0.39 is 12.1 Å². The van der Waals surface area contributed by atoms with Gasteiger partial charge in [-0.15, -0.1) is 6.58 Å². The normalized spacial score (nSPS) is 25.9. The van der Waals surface area contributed by atoms with Crippen molar-refractivity contribution in [1.82, 2.24) is 10.2 Å². The highest BCUT2D eigenvalue weighted by Crippen LogP contribution is 2.13.